The molecule has 0 nitrogen and oxygen atoms in total. The van der Waals surface area contributed by atoms with E-state index < -0.39 is 0 Å². The van der Waals surface area contributed by atoms with Gasteiger partial charge in [0.05, 0.1) is 0 Å². The van der Waals surface area contributed by atoms with Gasteiger partial charge >= 0.3 is 142 Å². The molecule has 0 radical (unpaired) electrons. The van der Waals surface area contributed by atoms with Gasteiger partial charge in [0.25, 0.3) is 0 Å². The Morgan fingerprint density at radius 3 is 1.42 bits per heavy atom. The zero-order valence-corrected chi connectivity index (χ0v) is 17.1. The molecular weight excluding hydrogens is 575 g/mol. The summed E-state index contributed by atoms with van der Waals surface area (Å²) in [4.78, 5) is 0. The van der Waals surface area contributed by atoms with E-state index in [1.807, 2.05) is 3.34 Å². The van der Waals surface area contributed by atoms with E-state index in [0.29, 0.717) is 0 Å². The van der Waals surface area contributed by atoms with Crippen molar-refractivity contribution in [2.24, 2.45) is 0 Å². The van der Waals surface area contributed by atoms with E-state index in [0.717, 1.165) is 0 Å². The van der Waals surface area contributed by atoms with E-state index in [9.17, 15) is 0 Å². The molecule has 2 aromatic rings. The summed E-state index contributed by atoms with van der Waals surface area (Å²) in [6, 6.07) is 21.7. The van der Waals surface area contributed by atoms with E-state index in [1.54, 1.807) is 0 Å². The molecule has 1 saturated heterocycles. The first-order chi connectivity index (χ1) is 9.40. The quantitative estimate of drug-likeness (QED) is 0.475. The predicted molar refractivity (Wildman–Crippen MR) is 86.1 cm³/mol. The first-order valence-electron chi connectivity index (χ1n) is 5.96. The normalized spacial score (nSPS) is 19.2. The monoisotopic (exact) mass is 594 g/mol. The molecule has 1 aliphatic rings. The van der Waals surface area contributed by atoms with Crippen LogP contribution in [0.3, 0.4) is 0 Å². The fraction of sp³-hybridized carbons (Fsp3) is 0. The second-order valence-electron chi connectivity index (χ2n) is 4.02. The van der Waals surface area contributed by atoms with E-state index >= 15 is 0 Å². The van der Waals surface area contributed by atoms with Gasteiger partial charge in [0, 0.05) is 0 Å². The molecule has 3 heteroatoms. The van der Waals surface area contributed by atoms with Gasteiger partial charge in [-0.15, -0.1) is 0 Å². The summed E-state index contributed by atoms with van der Waals surface area (Å²) >= 11 is 0.429. The van der Waals surface area contributed by atoms with Gasteiger partial charge in [-0.25, -0.2) is 0 Å². The van der Waals surface area contributed by atoms with Crippen LogP contribution in [-0.2, 0) is 0 Å². The van der Waals surface area contributed by atoms with Gasteiger partial charge in [-0.05, 0) is 0 Å². The molecule has 1 heterocycles. The van der Waals surface area contributed by atoms with E-state index in [-0.39, 0.29) is 55.0 Å². The first-order valence-corrected chi connectivity index (χ1v) is 18.0. The topological polar surface area (TPSA) is 0 Å². The Bertz CT molecular complexity index is 545. The molecule has 0 spiro atoms. The van der Waals surface area contributed by atoms with Crippen molar-refractivity contribution in [3.05, 3.63) is 75.1 Å². The summed E-state index contributed by atoms with van der Waals surface area (Å²) in [5.41, 5.74) is 2.81. The second-order valence-corrected chi connectivity index (χ2v) is 22.0. The zero-order valence-electron chi connectivity index (χ0n) is 10.2. The molecule has 0 N–H and O–H groups in total. The van der Waals surface area contributed by atoms with Crippen molar-refractivity contribution in [3.8, 4) is 0 Å². The van der Waals surface area contributed by atoms with Crippen molar-refractivity contribution in [2.45, 2.75) is 0 Å². The number of benzene rings is 2. The maximum absolute atomic E-state index is 2.49. The Morgan fingerprint density at radius 2 is 1.00 bits per heavy atom. The van der Waals surface area contributed by atoms with Crippen LogP contribution in [0.25, 0.3) is 12.2 Å². The number of hydrogen-bond donors (Lipinski definition) is 0. The molecule has 0 amide bonds. The maximum atomic E-state index is 2.49. The van der Waals surface area contributed by atoms with E-state index in [2.05, 4.69) is 72.8 Å². The van der Waals surface area contributed by atoms with Crippen molar-refractivity contribution < 1.29 is 0 Å². The summed E-state index contributed by atoms with van der Waals surface area (Å²) < 4.78 is 3.73. The molecule has 94 valence electrons. The average Bonchev–Trinajstić information content (AvgIpc) is 2.88. The Kier molecular flexibility index (Phi) is 5.50. The summed E-state index contributed by atoms with van der Waals surface area (Å²) in [7, 11) is 0. The molecular formula is C16H12Te3. The van der Waals surface area contributed by atoms with Crippen LogP contribution in [0.4, 0.5) is 0 Å². The van der Waals surface area contributed by atoms with Gasteiger partial charge < -0.3 is 0 Å². The molecule has 0 unspecified atom stereocenters. The molecule has 19 heavy (non-hydrogen) atoms. The molecule has 0 atom stereocenters. The summed E-state index contributed by atoms with van der Waals surface area (Å²) in [6.07, 6.45) is 4.97. The summed E-state index contributed by atoms with van der Waals surface area (Å²) in [5, 5.41) is 0. The minimum atomic E-state index is 0.00600. The average molecular weight is 587 g/mol. The van der Waals surface area contributed by atoms with Gasteiger partial charge in [-0.2, -0.15) is 0 Å². The summed E-state index contributed by atoms with van der Waals surface area (Å²) in [5.74, 6) is 0. The van der Waals surface area contributed by atoms with Crippen LogP contribution in [-0.4, -0.2) is 55.0 Å². The van der Waals surface area contributed by atoms with Crippen LogP contribution >= 0.6 is 0 Å². The van der Waals surface area contributed by atoms with Crippen molar-refractivity contribution in [1.29, 1.82) is 0 Å². The minimum absolute atomic E-state index is 0.00600. The third-order valence-electron chi connectivity index (χ3n) is 2.58. The number of rotatable bonds is 2. The van der Waals surface area contributed by atoms with E-state index in [4.69, 9.17) is 0 Å². The fourth-order valence-electron chi connectivity index (χ4n) is 1.69. The Balaban J connectivity index is 1.74. The van der Waals surface area contributed by atoms with Gasteiger partial charge in [0.15, 0.2) is 0 Å². The predicted octanol–water partition coefficient (Wildman–Crippen LogP) is 3.02. The van der Waals surface area contributed by atoms with Crippen LogP contribution in [0.5, 0.6) is 0 Å². The van der Waals surface area contributed by atoms with Crippen molar-refractivity contribution in [1.82, 2.24) is 0 Å². The molecule has 0 aliphatic carbocycles. The van der Waals surface area contributed by atoms with Crippen molar-refractivity contribution in [3.63, 3.8) is 0 Å². The molecule has 1 fully saturated rings. The van der Waals surface area contributed by atoms with Gasteiger partial charge in [0.1, 0.15) is 0 Å². The van der Waals surface area contributed by atoms with Crippen LogP contribution < -0.4 is 0 Å². The Labute approximate surface area is 140 Å². The SMILES string of the molecule is C(=C1[Te][Te]C(=Cc2ccccc2)[Te]1)c1ccccc1. The van der Waals surface area contributed by atoms with Gasteiger partial charge in [0.2, 0.25) is 0 Å². The fourth-order valence-corrected chi connectivity index (χ4v) is 35.7. The van der Waals surface area contributed by atoms with Crippen molar-refractivity contribution in [2.75, 3.05) is 0 Å². The third kappa shape index (κ3) is 4.38. The van der Waals surface area contributed by atoms with Crippen LogP contribution in [0.1, 0.15) is 11.1 Å². The van der Waals surface area contributed by atoms with Crippen LogP contribution in [0.15, 0.2) is 64.0 Å². The molecule has 0 aromatic heterocycles. The standard InChI is InChI=1S/C16H12Te3/c1-3-7-13(8-4-1)11-15-17-16(19-18-15)12-14-9-5-2-6-10-14/h1-12H. The Morgan fingerprint density at radius 1 is 0.579 bits per heavy atom. The van der Waals surface area contributed by atoms with E-state index in [1.165, 1.54) is 11.1 Å². The first kappa shape index (κ1) is 14.2. The van der Waals surface area contributed by atoms with Gasteiger partial charge in [-0.1, -0.05) is 0 Å². The Hall–Kier alpha value is 0.289. The van der Waals surface area contributed by atoms with Crippen LogP contribution in [0.2, 0.25) is 0 Å². The zero-order chi connectivity index (χ0) is 12.9. The van der Waals surface area contributed by atoms with Gasteiger partial charge in [-0.3, -0.25) is 0 Å². The molecule has 3 rings (SSSR count). The molecule has 0 saturated carbocycles. The van der Waals surface area contributed by atoms with Crippen molar-refractivity contribution >= 4 is 67.2 Å². The summed E-state index contributed by atoms with van der Waals surface area (Å²) in [6.45, 7) is 0. The number of hydrogen-bond acceptors (Lipinski definition) is 0. The third-order valence-corrected chi connectivity index (χ3v) is 34.8. The van der Waals surface area contributed by atoms with Crippen LogP contribution in [0, 0.1) is 0 Å². The molecule has 1 aliphatic heterocycles. The molecule has 0 bridgehead atoms. The second kappa shape index (κ2) is 7.34. The molecule has 2 aromatic carbocycles.